The van der Waals surface area contributed by atoms with E-state index in [4.69, 9.17) is 20.9 Å². The molecule has 0 spiro atoms. The Hall–Kier alpha value is -0.410. The van der Waals surface area contributed by atoms with Gasteiger partial charge in [0.05, 0.1) is 6.61 Å². The lowest BCUT2D eigenvalue weighted by Gasteiger charge is -2.17. The SMILES string of the molecule is CCCOP(O)(=S)Oc1ccccc1C. The van der Waals surface area contributed by atoms with Gasteiger partial charge in [-0.1, -0.05) is 25.1 Å². The molecule has 1 atom stereocenters. The molecule has 0 aliphatic rings. The quantitative estimate of drug-likeness (QED) is 0.810. The molecular weight excluding hydrogens is 231 g/mol. The second-order valence-electron chi connectivity index (χ2n) is 3.16. The van der Waals surface area contributed by atoms with Crippen LogP contribution in [0.4, 0.5) is 0 Å². The molecule has 0 saturated heterocycles. The van der Waals surface area contributed by atoms with Crippen LogP contribution >= 0.6 is 6.72 Å². The molecule has 0 bridgehead atoms. The van der Waals surface area contributed by atoms with Crippen molar-refractivity contribution in [3.63, 3.8) is 0 Å². The van der Waals surface area contributed by atoms with Crippen molar-refractivity contribution in [2.24, 2.45) is 0 Å². The summed E-state index contributed by atoms with van der Waals surface area (Å²) in [6.45, 7) is 1.13. The van der Waals surface area contributed by atoms with Crippen LogP contribution in [0, 0.1) is 6.92 Å². The fourth-order valence-corrected chi connectivity index (χ4v) is 2.40. The van der Waals surface area contributed by atoms with Crippen molar-refractivity contribution in [3.05, 3.63) is 29.8 Å². The largest absolute Gasteiger partial charge is 0.424 e. The van der Waals surface area contributed by atoms with E-state index in [0.717, 1.165) is 12.0 Å². The average molecular weight is 246 g/mol. The summed E-state index contributed by atoms with van der Waals surface area (Å²) in [6.07, 6.45) is 0.802. The molecule has 1 aromatic carbocycles. The van der Waals surface area contributed by atoms with Crippen molar-refractivity contribution in [1.29, 1.82) is 0 Å². The molecule has 0 heterocycles. The minimum absolute atomic E-state index is 0.416. The normalized spacial score (nSPS) is 14.6. The summed E-state index contributed by atoms with van der Waals surface area (Å²) in [5, 5.41) is 0. The maximum absolute atomic E-state index is 9.70. The fraction of sp³-hybridized carbons (Fsp3) is 0.400. The summed E-state index contributed by atoms with van der Waals surface area (Å²) in [5.41, 5.74) is 0.931. The molecule has 0 amide bonds. The number of hydrogen-bond acceptors (Lipinski definition) is 3. The van der Waals surface area contributed by atoms with Crippen molar-refractivity contribution in [1.82, 2.24) is 0 Å². The number of rotatable bonds is 5. The summed E-state index contributed by atoms with van der Waals surface area (Å²) in [7, 11) is 0. The minimum atomic E-state index is -3.12. The van der Waals surface area contributed by atoms with Gasteiger partial charge in [-0.15, -0.1) is 0 Å². The zero-order chi connectivity index (χ0) is 11.3. The summed E-state index contributed by atoms with van der Waals surface area (Å²) in [6, 6.07) is 7.39. The van der Waals surface area contributed by atoms with E-state index in [2.05, 4.69) is 0 Å². The van der Waals surface area contributed by atoms with Crippen LogP contribution in [0.5, 0.6) is 5.75 Å². The predicted molar refractivity (Wildman–Crippen MR) is 64.6 cm³/mol. The van der Waals surface area contributed by atoms with Gasteiger partial charge in [0.1, 0.15) is 5.75 Å². The van der Waals surface area contributed by atoms with E-state index in [1.807, 2.05) is 32.0 Å². The topological polar surface area (TPSA) is 38.7 Å². The van der Waals surface area contributed by atoms with Gasteiger partial charge in [-0.05, 0) is 25.0 Å². The number of hydrogen-bond donors (Lipinski definition) is 1. The molecule has 1 unspecified atom stereocenters. The Labute approximate surface area is 95.3 Å². The Balaban J connectivity index is 2.69. The van der Waals surface area contributed by atoms with Crippen molar-refractivity contribution >= 4 is 18.5 Å². The zero-order valence-corrected chi connectivity index (χ0v) is 10.6. The third kappa shape index (κ3) is 4.31. The lowest BCUT2D eigenvalue weighted by atomic mass is 10.2. The molecule has 0 saturated carbocycles. The lowest BCUT2D eigenvalue weighted by molar-refractivity contribution is 0.257. The molecule has 1 N–H and O–H groups in total. The molecule has 15 heavy (non-hydrogen) atoms. The van der Waals surface area contributed by atoms with Crippen molar-refractivity contribution in [3.8, 4) is 5.75 Å². The Bertz CT molecular complexity index is 367. The number of aryl methyl sites for hydroxylation is 1. The van der Waals surface area contributed by atoms with E-state index >= 15 is 0 Å². The lowest BCUT2D eigenvalue weighted by Crippen LogP contribution is -1.98. The molecule has 3 nitrogen and oxygen atoms in total. The van der Waals surface area contributed by atoms with Gasteiger partial charge in [0, 0.05) is 11.8 Å². The summed E-state index contributed by atoms with van der Waals surface area (Å²) in [5.74, 6) is 0.583. The van der Waals surface area contributed by atoms with Crippen LogP contribution in [0.3, 0.4) is 0 Å². The first-order valence-electron chi connectivity index (χ1n) is 4.77. The number of benzene rings is 1. The molecular formula is C10H15O3PS. The third-order valence-corrected chi connectivity index (χ3v) is 3.24. The van der Waals surface area contributed by atoms with E-state index in [1.165, 1.54) is 0 Å². The highest BCUT2D eigenvalue weighted by atomic mass is 32.5. The molecule has 1 aromatic rings. The molecule has 1 rings (SSSR count). The van der Waals surface area contributed by atoms with Crippen molar-refractivity contribution in [2.45, 2.75) is 20.3 Å². The van der Waals surface area contributed by atoms with Gasteiger partial charge in [0.25, 0.3) is 0 Å². The average Bonchev–Trinajstić information content (AvgIpc) is 2.18. The highest BCUT2D eigenvalue weighted by Gasteiger charge is 2.16. The maximum atomic E-state index is 9.70. The number of para-hydroxylation sites is 1. The van der Waals surface area contributed by atoms with Crippen LogP contribution in [0.15, 0.2) is 24.3 Å². The van der Waals surface area contributed by atoms with Crippen LogP contribution in [0.2, 0.25) is 0 Å². The van der Waals surface area contributed by atoms with E-state index in [9.17, 15) is 4.89 Å². The predicted octanol–water partition coefficient (Wildman–Crippen LogP) is 3.02. The zero-order valence-electron chi connectivity index (χ0n) is 8.84. The highest BCUT2D eigenvalue weighted by Crippen LogP contribution is 2.44. The molecule has 0 aromatic heterocycles. The van der Waals surface area contributed by atoms with Crippen LogP contribution in [-0.4, -0.2) is 11.5 Å². The van der Waals surface area contributed by atoms with Gasteiger partial charge in [-0.3, -0.25) is 4.52 Å². The first-order chi connectivity index (χ1) is 7.05. The Morgan fingerprint density at radius 2 is 2.07 bits per heavy atom. The second-order valence-corrected chi connectivity index (χ2v) is 5.92. The first kappa shape index (κ1) is 12.7. The molecule has 5 heteroatoms. The van der Waals surface area contributed by atoms with Crippen LogP contribution in [0.25, 0.3) is 0 Å². The standard InChI is InChI=1S/C10H15O3PS/c1-3-8-12-14(11,15)13-10-7-5-4-6-9(10)2/h4-7H,3,8H2,1-2H3,(H,11,15). The van der Waals surface area contributed by atoms with Crippen LogP contribution in [-0.2, 0) is 16.3 Å². The van der Waals surface area contributed by atoms with Gasteiger partial charge in [-0.2, -0.15) is 0 Å². The van der Waals surface area contributed by atoms with E-state index in [0.29, 0.717) is 12.4 Å². The van der Waals surface area contributed by atoms with Gasteiger partial charge < -0.3 is 9.42 Å². The van der Waals surface area contributed by atoms with Gasteiger partial charge in [0.2, 0.25) is 0 Å². The van der Waals surface area contributed by atoms with Crippen molar-refractivity contribution < 1.29 is 13.9 Å². The Kier molecular flexibility index (Phi) is 4.74. The highest BCUT2D eigenvalue weighted by molar-refractivity contribution is 8.07. The Morgan fingerprint density at radius 3 is 2.67 bits per heavy atom. The molecule has 0 aliphatic heterocycles. The summed E-state index contributed by atoms with van der Waals surface area (Å²) >= 11 is 4.87. The van der Waals surface area contributed by atoms with E-state index in [1.54, 1.807) is 6.07 Å². The molecule has 0 fully saturated rings. The maximum Gasteiger partial charge on any atom is 0.377 e. The molecule has 0 aliphatic carbocycles. The monoisotopic (exact) mass is 246 g/mol. The van der Waals surface area contributed by atoms with Gasteiger partial charge in [-0.25, -0.2) is 0 Å². The Morgan fingerprint density at radius 1 is 1.40 bits per heavy atom. The molecule has 84 valence electrons. The smallest absolute Gasteiger partial charge is 0.377 e. The summed E-state index contributed by atoms with van der Waals surface area (Å²) < 4.78 is 10.4. The fourth-order valence-electron chi connectivity index (χ4n) is 1.02. The van der Waals surface area contributed by atoms with Gasteiger partial charge >= 0.3 is 6.72 Å². The van der Waals surface area contributed by atoms with Crippen molar-refractivity contribution in [2.75, 3.05) is 6.61 Å². The molecule has 0 radical (unpaired) electrons. The first-order valence-corrected chi connectivity index (χ1v) is 7.37. The van der Waals surface area contributed by atoms with Crippen LogP contribution < -0.4 is 4.52 Å². The minimum Gasteiger partial charge on any atom is -0.424 e. The van der Waals surface area contributed by atoms with E-state index < -0.39 is 6.72 Å². The third-order valence-electron chi connectivity index (χ3n) is 1.77. The second kappa shape index (κ2) is 5.61. The van der Waals surface area contributed by atoms with E-state index in [-0.39, 0.29) is 0 Å². The summed E-state index contributed by atoms with van der Waals surface area (Å²) in [4.78, 5) is 9.70. The van der Waals surface area contributed by atoms with Crippen LogP contribution in [0.1, 0.15) is 18.9 Å². The van der Waals surface area contributed by atoms with Gasteiger partial charge in [0.15, 0.2) is 0 Å².